The van der Waals surface area contributed by atoms with Crippen LogP contribution in [0.2, 0.25) is 0 Å². The van der Waals surface area contributed by atoms with Crippen molar-refractivity contribution in [2.24, 2.45) is 0 Å². The maximum absolute atomic E-state index is 13.9. The van der Waals surface area contributed by atoms with Crippen LogP contribution in [0.25, 0.3) is 33.4 Å². The van der Waals surface area contributed by atoms with Gasteiger partial charge in [0.25, 0.3) is 0 Å². The van der Waals surface area contributed by atoms with Crippen LogP contribution in [0.3, 0.4) is 0 Å². The molecule has 7 nitrogen and oxygen atoms in total. The number of fused-ring (bicyclic) bond motifs is 1. The highest BCUT2D eigenvalue weighted by Crippen LogP contribution is 2.43. The van der Waals surface area contributed by atoms with E-state index in [4.69, 9.17) is 28.1 Å². The molecule has 4 aromatic rings. The molecule has 0 aliphatic carbocycles. The summed E-state index contributed by atoms with van der Waals surface area (Å²) in [7, 11) is 6.20. The lowest BCUT2D eigenvalue weighted by molar-refractivity contribution is 0.242. The number of benzene rings is 3. The molecular formula is C28H28O7. The lowest BCUT2D eigenvalue weighted by Crippen LogP contribution is -2.09. The first-order valence-electron chi connectivity index (χ1n) is 11.1. The highest BCUT2D eigenvalue weighted by molar-refractivity contribution is 5.90. The van der Waals surface area contributed by atoms with Crippen molar-refractivity contribution in [1.82, 2.24) is 0 Å². The monoisotopic (exact) mass is 476 g/mol. The van der Waals surface area contributed by atoms with Crippen LogP contribution in [0, 0.1) is 0 Å². The van der Waals surface area contributed by atoms with Crippen LogP contribution in [0.5, 0.6) is 28.7 Å². The van der Waals surface area contributed by atoms with E-state index >= 15 is 0 Å². The summed E-state index contributed by atoms with van der Waals surface area (Å²) in [5.41, 5.74) is 1.89. The number of rotatable bonds is 8. The van der Waals surface area contributed by atoms with Crippen molar-refractivity contribution in [3.05, 3.63) is 64.8 Å². The fourth-order valence-corrected chi connectivity index (χ4v) is 3.95. The Kier molecular flexibility index (Phi) is 6.87. The normalized spacial score (nSPS) is 10.9. The van der Waals surface area contributed by atoms with Crippen molar-refractivity contribution in [1.29, 1.82) is 0 Å². The number of methoxy groups -OCH3 is 4. The van der Waals surface area contributed by atoms with Crippen LogP contribution in [0.4, 0.5) is 0 Å². The van der Waals surface area contributed by atoms with Gasteiger partial charge in [-0.15, -0.1) is 0 Å². The summed E-state index contributed by atoms with van der Waals surface area (Å²) in [6, 6.07) is 16.0. The Balaban J connectivity index is 2.05. The lowest BCUT2D eigenvalue weighted by atomic mass is 9.97. The molecule has 35 heavy (non-hydrogen) atoms. The zero-order chi connectivity index (χ0) is 25.1. The molecule has 1 heterocycles. The standard InChI is InChI=1S/C28H28O7/c1-16(2)34-20-11-12-21-22(15-20)35-27(17-7-9-19(30-3)10-8-17)25(26(21)29)18-13-23(31-4)28(33-6)24(14-18)32-5/h7-16H,1-6H3. The van der Waals surface area contributed by atoms with Gasteiger partial charge in [0.05, 0.1) is 45.5 Å². The van der Waals surface area contributed by atoms with E-state index in [2.05, 4.69) is 0 Å². The smallest absolute Gasteiger partial charge is 0.203 e. The molecule has 0 N–H and O–H groups in total. The predicted molar refractivity (Wildman–Crippen MR) is 135 cm³/mol. The molecule has 0 saturated carbocycles. The second-order valence-electron chi connectivity index (χ2n) is 8.10. The van der Waals surface area contributed by atoms with Crippen molar-refractivity contribution >= 4 is 11.0 Å². The van der Waals surface area contributed by atoms with E-state index in [0.717, 1.165) is 0 Å². The minimum atomic E-state index is -0.192. The summed E-state index contributed by atoms with van der Waals surface area (Å²) in [5.74, 6) is 3.02. The Morgan fingerprint density at radius 3 is 1.89 bits per heavy atom. The summed E-state index contributed by atoms with van der Waals surface area (Å²) in [5, 5.41) is 0.433. The molecule has 0 aliphatic rings. The Bertz CT molecular complexity index is 1380. The fourth-order valence-electron chi connectivity index (χ4n) is 3.95. The SMILES string of the molecule is COc1ccc(-c2oc3cc(OC(C)C)ccc3c(=O)c2-c2cc(OC)c(OC)c(OC)c2)cc1. The van der Waals surface area contributed by atoms with Crippen LogP contribution in [-0.4, -0.2) is 34.5 Å². The van der Waals surface area contributed by atoms with Crippen molar-refractivity contribution in [2.45, 2.75) is 20.0 Å². The van der Waals surface area contributed by atoms with Gasteiger partial charge in [0.15, 0.2) is 11.5 Å². The van der Waals surface area contributed by atoms with Crippen LogP contribution in [-0.2, 0) is 0 Å². The quantitative estimate of drug-likeness (QED) is 0.311. The predicted octanol–water partition coefficient (Wildman–Crippen LogP) is 5.95. The third-order valence-corrected chi connectivity index (χ3v) is 5.54. The van der Waals surface area contributed by atoms with Crippen molar-refractivity contribution < 1.29 is 28.1 Å². The van der Waals surface area contributed by atoms with Gasteiger partial charge in [-0.1, -0.05) is 0 Å². The van der Waals surface area contributed by atoms with Crippen molar-refractivity contribution in [3.8, 4) is 51.2 Å². The number of ether oxygens (including phenoxy) is 5. The highest BCUT2D eigenvalue weighted by Gasteiger charge is 2.22. The summed E-state index contributed by atoms with van der Waals surface area (Å²) < 4.78 is 34.0. The molecule has 0 spiro atoms. The molecule has 1 aromatic heterocycles. The van der Waals surface area contributed by atoms with Gasteiger partial charge in [0.1, 0.15) is 22.8 Å². The number of hydrogen-bond acceptors (Lipinski definition) is 7. The van der Waals surface area contributed by atoms with E-state index in [-0.39, 0.29) is 11.5 Å². The molecule has 4 rings (SSSR count). The van der Waals surface area contributed by atoms with Gasteiger partial charge in [0.2, 0.25) is 11.2 Å². The Hall–Kier alpha value is -4.13. The molecule has 0 unspecified atom stereocenters. The lowest BCUT2D eigenvalue weighted by Gasteiger charge is -2.16. The summed E-state index contributed by atoms with van der Waals surface area (Å²) in [6.07, 6.45) is -0.0151. The first-order valence-corrected chi connectivity index (χ1v) is 11.1. The van der Waals surface area contributed by atoms with E-state index in [1.54, 1.807) is 37.4 Å². The first-order chi connectivity index (χ1) is 16.9. The second kappa shape index (κ2) is 10.0. The van der Waals surface area contributed by atoms with Gasteiger partial charge in [-0.2, -0.15) is 0 Å². The average Bonchev–Trinajstić information content (AvgIpc) is 2.87. The molecule has 0 atom stereocenters. The molecule has 0 amide bonds. The van der Waals surface area contributed by atoms with Gasteiger partial charge >= 0.3 is 0 Å². The zero-order valence-electron chi connectivity index (χ0n) is 20.6. The second-order valence-corrected chi connectivity index (χ2v) is 8.10. The molecular weight excluding hydrogens is 448 g/mol. The summed E-state index contributed by atoms with van der Waals surface area (Å²) >= 11 is 0. The molecule has 0 radical (unpaired) electrons. The van der Waals surface area contributed by atoms with Gasteiger partial charge in [-0.05, 0) is 67.9 Å². The third-order valence-electron chi connectivity index (χ3n) is 5.54. The van der Waals surface area contributed by atoms with Crippen LogP contribution in [0.1, 0.15) is 13.8 Å². The van der Waals surface area contributed by atoms with Crippen molar-refractivity contribution in [2.75, 3.05) is 28.4 Å². The van der Waals surface area contributed by atoms with Gasteiger partial charge in [-0.3, -0.25) is 4.79 Å². The Morgan fingerprint density at radius 2 is 1.34 bits per heavy atom. The van der Waals surface area contributed by atoms with Crippen LogP contribution < -0.4 is 29.1 Å². The zero-order valence-corrected chi connectivity index (χ0v) is 20.6. The molecule has 3 aromatic carbocycles. The molecule has 7 heteroatoms. The minimum absolute atomic E-state index is 0.0151. The minimum Gasteiger partial charge on any atom is -0.497 e. The maximum atomic E-state index is 13.9. The molecule has 0 aliphatic heterocycles. The summed E-state index contributed by atoms with van der Waals surface area (Å²) in [6.45, 7) is 3.88. The molecule has 0 fully saturated rings. The number of hydrogen-bond donors (Lipinski definition) is 0. The van der Waals surface area contributed by atoms with E-state index < -0.39 is 0 Å². The Labute approximate surface area is 203 Å². The third kappa shape index (κ3) is 4.62. The topological polar surface area (TPSA) is 76.4 Å². The fraction of sp³-hybridized carbons (Fsp3) is 0.250. The van der Waals surface area contributed by atoms with Crippen LogP contribution >= 0.6 is 0 Å². The average molecular weight is 477 g/mol. The van der Waals surface area contributed by atoms with Crippen molar-refractivity contribution in [3.63, 3.8) is 0 Å². The molecule has 0 bridgehead atoms. The van der Waals surface area contributed by atoms with Gasteiger partial charge in [-0.25, -0.2) is 0 Å². The first kappa shape index (κ1) is 24.0. The van der Waals surface area contributed by atoms with Gasteiger partial charge < -0.3 is 28.1 Å². The largest absolute Gasteiger partial charge is 0.497 e. The maximum Gasteiger partial charge on any atom is 0.203 e. The highest BCUT2D eigenvalue weighted by atomic mass is 16.5. The summed E-state index contributed by atoms with van der Waals surface area (Å²) in [4.78, 5) is 13.9. The Morgan fingerprint density at radius 1 is 0.714 bits per heavy atom. The van der Waals surface area contributed by atoms with Crippen LogP contribution in [0.15, 0.2) is 63.8 Å². The van der Waals surface area contributed by atoms with Gasteiger partial charge in [0, 0.05) is 11.6 Å². The molecule has 182 valence electrons. The van der Waals surface area contributed by atoms with E-state index in [1.165, 1.54) is 21.3 Å². The van der Waals surface area contributed by atoms with E-state index in [9.17, 15) is 4.79 Å². The van der Waals surface area contributed by atoms with E-state index in [1.807, 2.05) is 38.1 Å². The van der Waals surface area contributed by atoms with E-state index in [0.29, 0.717) is 62.2 Å². The molecule has 0 saturated heterocycles.